The van der Waals surface area contributed by atoms with Crippen LogP contribution in [0.3, 0.4) is 0 Å². The summed E-state index contributed by atoms with van der Waals surface area (Å²) in [7, 11) is 1.46. The summed E-state index contributed by atoms with van der Waals surface area (Å²) in [6.07, 6.45) is 0. The summed E-state index contributed by atoms with van der Waals surface area (Å²) in [5.74, 6) is -0.0722. The van der Waals surface area contributed by atoms with Gasteiger partial charge < -0.3 is 10.1 Å². The van der Waals surface area contributed by atoms with Gasteiger partial charge in [-0.3, -0.25) is 0 Å². The number of nitrogens with one attached hydrogen (secondary N) is 1. The van der Waals surface area contributed by atoms with Crippen molar-refractivity contribution in [1.82, 2.24) is 0 Å². The molecule has 0 aliphatic carbocycles. The van der Waals surface area contributed by atoms with Gasteiger partial charge in [0, 0.05) is 16.7 Å². The van der Waals surface area contributed by atoms with Crippen LogP contribution in [0.2, 0.25) is 0 Å². The Kier molecular flexibility index (Phi) is 4.43. The van der Waals surface area contributed by atoms with Crippen LogP contribution in [0.4, 0.5) is 10.1 Å². The Morgan fingerprint density at radius 2 is 2.00 bits per heavy atom. The molecule has 100 valence electrons. The van der Waals surface area contributed by atoms with Gasteiger partial charge in [0.15, 0.2) is 11.6 Å². The summed E-state index contributed by atoms with van der Waals surface area (Å²) in [4.78, 5) is 0. The number of anilines is 1. The third kappa shape index (κ3) is 3.47. The molecule has 0 saturated heterocycles. The number of halogens is 2. The van der Waals surface area contributed by atoms with E-state index in [2.05, 4.69) is 21.2 Å². The van der Waals surface area contributed by atoms with Crippen molar-refractivity contribution in [2.75, 3.05) is 12.4 Å². The first-order chi connectivity index (χ1) is 9.10. The van der Waals surface area contributed by atoms with Gasteiger partial charge in [-0.2, -0.15) is 0 Å². The minimum absolute atomic E-state index is 0.267. The topological polar surface area (TPSA) is 21.3 Å². The molecule has 2 aromatic rings. The van der Waals surface area contributed by atoms with E-state index in [1.807, 2.05) is 31.2 Å². The molecule has 0 bridgehead atoms. The fourth-order valence-electron chi connectivity index (χ4n) is 1.78. The van der Waals surface area contributed by atoms with Crippen LogP contribution in [0.1, 0.15) is 11.1 Å². The molecule has 2 aromatic carbocycles. The molecule has 2 rings (SSSR count). The Bertz CT molecular complexity index is 586. The molecule has 19 heavy (non-hydrogen) atoms. The van der Waals surface area contributed by atoms with Crippen molar-refractivity contribution in [3.05, 3.63) is 57.8 Å². The molecule has 1 N–H and O–H groups in total. The van der Waals surface area contributed by atoms with Gasteiger partial charge in [0.2, 0.25) is 0 Å². The minimum Gasteiger partial charge on any atom is -0.494 e. The lowest BCUT2D eigenvalue weighted by atomic mass is 10.2. The SMILES string of the molecule is COc1ccc(CNc2ccc(Br)c(C)c2)cc1F. The van der Waals surface area contributed by atoms with E-state index in [0.29, 0.717) is 6.54 Å². The highest BCUT2D eigenvalue weighted by Crippen LogP contribution is 2.21. The van der Waals surface area contributed by atoms with Crippen molar-refractivity contribution in [1.29, 1.82) is 0 Å². The zero-order chi connectivity index (χ0) is 13.8. The second kappa shape index (κ2) is 6.06. The molecule has 0 unspecified atom stereocenters. The number of hydrogen-bond donors (Lipinski definition) is 1. The lowest BCUT2D eigenvalue weighted by molar-refractivity contribution is 0.386. The first-order valence-electron chi connectivity index (χ1n) is 5.92. The second-order valence-corrected chi connectivity index (χ2v) is 5.14. The zero-order valence-electron chi connectivity index (χ0n) is 10.8. The Morgan fingerprint density at radius 3 is 2.63 bits per heavy atom. The van der Waals surface area contributed by atoms with Crippen molar-refractivity contribution < 1.29 is 9.13 Å². The maximum atomic E-state index is 13.5. The van der Waals surface area contributed by atoms with E-state index in [1.54, 1.807) is 6.07 Å². The molecule has 0 atom stereocenters. The Morgan fingerprint density at radius 1 is 1.21 bits per heavy atom. The fraction of sp³-hybridized carbons (Fsp3) is 0.200. The van der Waals surface area contributed by atoms with Gasteiger partial charge in [0.25, 0.3) is 0 Å². The summed E-state index contributed by atoms with van der Waals surface area (Å²) < 4.78 is 19.5. The molecular weight excluding hydrogens is 309 g/mol. The van der Waals surface area contributed by atoms with E-state index in [4.69, 9.17) is 4.74 Å². The molecule has 0 aliphatic rings. The normalized spacial score (nSPS) is 10.3. The van der Waals surface area contributed by atoms with Crippen LogP contribution in [-0.4, -0.2) is 7.11 Å². The van der Waals surface area contributed by atoms with E-state index in [-0.39, 0.29) is 11.6 Å². The Labute approximate surface area is 120 Å². The summed E-state index contributed by atoms with van der Waals surface area (Å²) in [5, 5.41) is 3.27. The van der Waals surface area contributed by atoms with E-state index in [9.17, 15) is 4.39 Å². The lowest BCUT2D eigenvalue weighted by Crippen LogP contribution is -2.00. The number of hydrogen-bond acceptors (Lipinski definition) is 2. The van der Waals surface area contributed by atoms with Crippen LogP contribution < -0.4 is 10.1 Å². The van der Waals surface area contributed by atoms with Gasteiger partial charge in [0.1, 0.15) is 0 Å². The van der Waals surface area contributed by atoms with Crippen molar-refractivity contribution in [2.24, 2.45) is 0 Å². The summed E-state index contributed by atoms with van der Waals surface area (Å²) in [6.45, 7) is 2.60. The van der Waals surface area contributed by atoms with Crippen molar-refractivity contribution >= 4 is 21.6 Å². The molecule has 0 aromatic heterocycles. The summed E-state index contributed by atoms with van der Waals surface area (Å²) in [6, 6.07) is 11.0. The minimum atomic E-state index is -0.339. The predicted molar refractivity (Wildman–Crippen MR) is 79.2 cm³/mol. The van der Waals surface area contributed by atoms with Gasteiger partial charge >= 0.3 is 0 Å². The maximum Gasteiger partial charge on any atom is 0.165 e. The van der Waals surface area contributed by atoms with E-state index >= 15 is 0 Å². The molecule has 2 nitrogen and oxygen atoms in total. The van der Waals surface area contributed by atoms with Gasteiger partial charge in [-0.1, -0.05) is 22.0 Å². The molecular formula is C15H15BrFNO. The Balaban J connectivity index is 2.05. The van der Waals surface area contributed by atoms with E-state index in [1.165, 1.54) is 13.2 Å². The van der Waals surface area contributed by atoms with Crippen LogP contribution >= 0.6 is 15.9 Å². The Hall–Kier alpha value is -1.55. The molecule has 0 heterocycles. The first kappa shape index (κ1) is 13.9. The van der Waals surface area contributed by atoms with E-state index in [0.717, 1.165) is 21.3 Å². The van der Waals surface area contributed by atoms with Gasteiger partial charge in [-0.05, 0) is 48.4 Å². The van der Waals surface area contributed by atoms with Crippen LogP contribution in [0.25, 0.3) is 0 Å². The molecule has 0 radical (unpaired) electrons. The van der Waals surface area contributed by atoms with Crippen LogP contribution in [0, 0.1) is 12.7 Å². The third-order valence-corrected chi connectivity index (χ3v) is 3.76. The summed E-state index contributed by atoms with van der Waals surface area (Å²) in [5.41, 5.74) is 3.04. The first-order valence-corrected chi connectivity index (χ1v) is 6.72. The molecule has 0 aliphatic heterocycles. The third-order valence-electron chi connectivity index (χ3n) is 2.87. The maximum absolute atomic E-state index is 13.5. The average Bonchev–Trinajstić information content (AvgIpc) is 2.40. The van der Waals surface area contributed by atoms with Crippen molar-refractivity contribution in [2.45, 2.75) is 13.5 Å². The number of methoxy groups -OCH3 is 1. The van der Waals surface area contributed by atoms with Crippen LogP contribution in [-0.2, 0) is 6.54 Å². The number of benzene rings is 2. The number of ether oxygens (including phenoxy) is 1. The highest BCUT2D eigenvalue weighted by molar-refractivity contribution is 9.10. The zero-order valence-corrected chi connectivity index (χ0v) is 12.4. The predicted octanol–water partition coefficient (Wildman–Crippen LogP) is 4.52. The van der Waals surface area contributed by atoms with Crippen molar-refractivity contribution in [3.63, 3.8) is 0 Å². The summed E-state index contributed by atoms with van der Waals surface area (Å²) >= 11 is 3.46. The number of rotatable bonds is 4. The molecule has 0 amide bonds. The number of aryl methyl sites for hydroxylation is 1. The monoisotopic (exact) mass is 323 g/mol. The van der Waals surface area contributed by atoms with E-state index < -0.39 is 0 Å². The van der Waals surface area contributed by atoms with Gasteiger partial charge in [-0.15, -0.1) is 0 Å². The molecule has 0 spiro atoms. The van der Waals surface area contributed by atoms with Gasteiger partial charge in [0.05, 0.1) is 7.11 Å². The van der Waals surface area contributed by atoms with Crippen molar-refractivity contribution in [3.8, 4) is 5.75 Å². The largest absolute Gasteiger partial charge is 0.494 e. The van der Waals surface area contributed by atoms with Gasteiger partial charge in [-0.25, -0.2) is 4.39 Å². The highest BCUT2D eigenvalue weighted by atomic mass is 79.9. The average molecular weight is 324 g/mol. The molecule has 0 fully saturated rings. The smallest absolute Gasteiger partial charge is 0.165 e. The fourth-order valence-corrected chi connectivity index (χ4v) is 2.03. The second-order valence-electron chi connectivity index (χ2n) is 4.29. The van der Waals surface area contributed by atoms with Crippen LogP contribution in [0.15, 0.2) is 40.9 Å². The highest BCUT2D eigenvalue weighted by Gasteiger charge is 2.03. The standard InChI is InChI=1S/C15H15BrFNO/c1-10-7-12(4-5-13(10)16)18-9-11-3-6-15(19-2)14(17)8-11/h3-8,18H,9H2,1-2H3. The quantitative estimate of drug-likeness (QED) is 0.893. The van der Waals surface area contributed by atoms with Crippen LogP contribution in [0.5, 0.6) is 5.75 Å². The molecule has 0 saturated carbocycles. The lowest BCUT2D eigenvalue weighted by Gasteiger charge is -2.09. The molecule has 4 heteroatoms.